The Morgan fingerprint density at radius 3 is 2.65 bits per heavy atom. The molecule has 1 aliphatic heterocycles. The molecule has 1 unspecified atom stereocenters. The van der Waals surface area contributed by atoms with Gasteiger partial charge >= 0.3 is 0 Å². The van der Waals surface area contributed by atoms with E-state index in [4.69, 9.17) is 27.9 Å². The molecule has 2 aliphatic rings. The lowest BCUT2D eigenvalue weighted by Crippen LogP contribution is -2.63. The van der Waals surface area contributed by atoms with Crippen molar-refractivity contribution in [2.75, 3.05) is 32.8 Å². The van der Waals surface area contributed by atoms with Crippen LogP contribution >= 0.6 is 23.2 Å². The van der Waals surface area contributed by atoms with Crippen LogP contribution in [0.3, 0.4) is 0 Å². The molecule has 2 amide bonds. The van der Waals surface area contributed by atoms with E-state index in [1.54, 1.807) is 18.2 Å². The van der Waals surface area contributed by atoms with Gasteiger partial charge in [0, 0.05) is 41.9 Å². The minimum Gasteiger partial charge on any atom is -0.378 e. The molecule has 1 saturated carbocycles. The Bertz CT molecular complexity index is 1070. The van der Waals surface area contributed by atoms with E-state index in [1.165, 1.54) is 0 Å². The molecule has 34 heavy (non-hydrogen) atoms. The van der Waals surface area contributed by atoms with Gasteiger partial charge in [0.25, 0.3) is 5.91 Å². The standard InChI is InChI=1S/C23H28Cl2F2N4O3/c1-2-31-7-8-34-12-19(31)21(33)30-22(3-5-23(26,27)6-4-22)13-28-20(32)18-11-15-16(25)9-14(24)10-17(15)29-18/h9-11,19,29H,2-8,12-13H2,1H3,(H,28,32)(H,30,33). The highest BCUT2D eigenvalue weighted by molar-refractivity contribution is 6.38. The second-order valence-electron chi connectivity index (χ2n) is 9.06. The van der Waals surface area contributed by atoms with Gasteiger partial charge in [-0.1, -0.05) is 30.1 Å². The third-order valence-corrected chi connectivity index (χ3v) is 7.29. The van der Waals surface area contributed by atoms with Crippen molar-refractivity contribution in [3.63, 3.8) is 0 Å². The number of alkyl halides is 2. The Kier molecular flexibility index (Phi) is 7.38. The van der Waals surface area contributed by atoms with Crippen LogP contribution < -0.4 is 10.6 Å². The number of nitrogens with zero attached hydrogens (tertiary/aromatic N) is 1. The Hall–Kier alpha value is -1.94. The van der Waals surface area contributed by atoms with Crippen molar-refractivity contribution < 1.29 is 23.1 Å². The van der Waals surface area contributed by atoms with Crippen LogP contribution in [0.2, 0.25) is 10.0 Å². The number of nitrogens with one attached hydrogen (secondary N) is 3. The first-order valence-electron chi connectivity index (χ1n) is 11.4. The Morgan fingerprint density at radius 2 is 1.94 bits per heavy atom. The maximum absolute atomic E-state index is 14.0. The number of likely N-dealkylation sites (N-methyl/N-ethyl adjacent to an activating group) is 1. The van der Waals surface area contributed by atoms with Gasteiger partial charge in [-0.15, -0.1) is 0 Å². The van der Waals surface area contributed by atoms with Gasteiger partial charge in [-0.05, 0) is 37.6 Å². The van der Waals surface area contributed by atoms with Gasteiger partial charge in [0.2, 0.25) is 11.8 Å². The van der Waals surface area contributed by atoms with Crippen LogP contribution in [0.15, 0.2) is 18.2 Å². The van der Waals surface area contributed by atoms with Crippen molar-refractivity contribution in [2.24, 2.45) is 0 Å². The highest BCUT2D eigenvalue weighted by Gasteiger charge is 2.45. The zero-order valence-corrected chi connectivity index (χ0v) is 20.4. The fourth-order valence-corrected chi connectivity index (χ4v) is 5.22. The molecule has 0 spiro atoms. The average molecular weight is 517 g/mol. The van der Waals surface area contributed by atoms with Crippen molar-refractivity contribution in [3.05, 3.63) is 33.9 Å². The Labute approximate surface area is 206 Å². The predicted molar refractivity (Wildman–Crippen MR) is 127 cm³/mol. The number of aromatic amines is 1. The van der Waals surface area contributed by atoms with E-state index in [0.29, 0.717) is 40.6 Å². The van der Waals surface area contributed by atoms with Crippen LogP contribution in [0, 0.1) is 0 Å². The molecular formula is C23H28Cl2F2N4O3. The molecule has 1 aromatic heterocycles. The number of carbonyl (C=O) groups excluding carboxylic acids is 2. The van der Waals surface area contributed by atoms with Gasteiger partial charge in [0.05, 0.1) is 23.8 Å². The maximum Gasteiger partial charge on any atom is 0.267 e. The number of fused-ring (bicyclic) bond motifs is 1. The molecule has 2 heterocycles. The summed E-state index contributed by atoms with van der Waals surface area (Å²) >= 11 is 12.2. The van der Waals surface area contributed by atoms with E-state index in [2.05, 4.69) is 15.6 Å². The summed E-state index contributed by atoms with van der Waals surface area (Å²) in [5.41, 5.74) is -0.0994. The van der Waals surface area contributed by atoms with Crippen LogP contribution in [-0.4, -0.2) is 72.0 Å². The van der Waals surface area contributed by atoms with Crippen LogP contribution in [0.4, 0.5) is 8.78 Å². The number of ether oxygens (including phenoxy) is 1. The molecular weight excluding hydrogens is 489 g/mol. The monoisotopic (exact) mass is 516 g/mol. The topological polar surface area (TPSA) is 86.5 Å². The van der Waals surface area contributed by atoms with Crippen LogP contribution in [0.1, 0.15) is 43.1 Å². The van der Waals surface area contributed by atoms with Crippen LogP contribution in [-0.2, 0) is 9.53 Å². The van der Waals surface area contributed by atoms with E-state index in [0.717, 1.165) is 0 Å². The molecule has 1 aromatic carbocycles. The van der Waals surface area contributed by atoms with Gasteiger partial charge in [-0.3, -0.25) is 14.5 Å². The highest BCUT2D eigenvalue weighted by atomic mass is 35.5. The number of benzene rings is 1. The molecule has 11 heteroatoms. The van der Waals surface area contributed by atoms with Gasteiger partial charge in [-0.2, -0.15) is 0 Å². The van der Waals surface area contributed by atoms with Gasteiger partial charge < -0.3 is 20.4 Å². The van der Waals surface area contributed by atoms with Gasteiger partial charge in [-0.25, -0.2) is 8.78 Å². The third-order valence-electron chi connectivity index (χ3n) is 6.76. The molecule has 0 radical (unpaired) electrons. The second-order valence-corrected chi connectivity index (χ2v) is 9.90. The Balaban J connectivity index is 1.49. The zero-order valence-electron chi connectivity index (χ0n) is 18.9. The third kappa shape index (κ3) is 5.48. The van der Waals surface area contributed by atoms with Crippen molar-refractivity contribution in [1.29, 1.82) is 0 Å². The van der Waals surface area contributed by atoms with Crippen molar-refractivity contribution in [2.45, 2.75) is 50.1 Å². The molecule has 4 rings (SSSR count). The minimum absolute atomic E-state index is 0.0250. The first-order chi connectivity index (χ1) is 16.1. The summed E-state index contributed by atoms with van der Waals surface area (Å²) in [7, 11) is 0. The number of halogens is 4. The van der Waals surface area contributed by atoms with E-state index in [1.807, 2.05) is 11.8 Å². The number of amides is 2. The summed E-state index contributed by atoms with van der Waals surface area (Å²) in [4.78, 5) is 31.0. The average Bonchev–Trinajstić information content (AvgIpc) is 3.24. The van der Waals surface area contributed by atoms with Crippen molar-refractivity contribution in [1.82, 2.24) is 20.5 Å². The first kappa shape index (κ1) is 25.2. The van der Waals surface area contributed by atoms with Gasteiger partial charge in [0.1, 0.15) is 11.7 Å². The maximum atomic E-state index is 14.0. The summed E-state index contributed by atoms with van der Waals surface area (Å²) in [6, 6.07) is 4.37. The van der Waals surface area contributed by atoms with E-state index in [-0.39, 0.29) is 50.4 Å². The van der Waals surface area contributed by atoms with Crippen LogP contribution in [0.5, 0.6) is 0 Å². The molecule has 2 aromatic rings. The molecule has 0 bridgehead atoms. The lowest BCUT2D eigenvalue weighted by Gasteiger charge is -2.43. The summed E-state index contributed by atoms with van der Waals surface area (Å²) in [6.07, 6.45) is -0.607. The molecule has 1 atom stereocenters. The fraction of sp³-hybridized carbons (Fsp3) is 0.565. The number of rotatable bonds is 6. The van der Waals surface area contributed by atoms with E-state index >= 15 is 0 Å². The zero-order chi connectivity index (χ0) is 24.5. The molecule has 7 nitrogen and oxygen atoms in total. The summed E-state index contributed by atoms with van der Waals surface area (Å²) in [5, 5.41) is 7.30. The normalized spacial score (nSPS) is 22.4. The first-order valence-corrected chi connectivity index (χ1v) is 12.1. The largest absolute Gasteiger partial charge is 0.378 e. The van der Waals surface area contributed by atoms with Crippen molar-refractivity contribution >= 4 is 45.9 Å². The van der Waals surface area contributed by atoms with Crippen LogP contribution in [0.25, 0.3) is 10.9 Å². The number of hydrogen-bond donors (Lipinski definition) is 3. The molecule has 1 saturated heterocycles. The minimum atomic E-state index is -2.78. The quantitative estimate of drug-likeness (QED) is 0.541. The highest BCUT2D eigenvalue weighted by Crippen LogP contribution is 2.38. The second kappa shape index (κ2) is 9.97. The molecule has 1 aliphatic carbocycles. The lowest BCUT2D eigenvalue weighted by molar-refractivity contribution is -0.136. The number of carbonyl (C=O) groups is 2. The number of morpholine rings is 1. The van der Waals surface area contributed by atoms with Crippen molar-refractivity contribution in [3.8, 4) is 0 Å². The SMILES string of the molecule is CCN1CCOCC1C(=O)NC1(CNC(=O)c2cc3c(Cl)cc(Cl)cc3[nH]2)CCC(F)(F)CC1. The van der Waals surface area contributed by atoms with Gasteiger partial charge in [0.15, 0.2) is 0 Å². The lowest BCUT2D eigenvalue weighted by atomic mass is 9.79. The summed E-state index contributed by atoms with van der Waals surface area (Å²) in [6.45, 7) is 4.08. The summed E-state index contributed by atoms with van der Waals surface area (Å²) < 4.78 is 33.4. The Morgan fingerprint density at radius 1 is 1.21 bits per heavy atom. The number of H-pyrrole nitrogens is 1. The fourth-order valence-electron chi connectivity index (χ4n) is 4.67. The molecule has 3 N–H and O–H groups in total. The smallest absolute Gasteiger partial charge is 0.267 e. The van der Waals surface area contributed by atoms with E-state index in [9.17, 15) is 18.4 Å². The predicted octanol–water partition coefficient (Wildman–Crippen LogP) is 3.99. The molecule has 2 fully saturated rings. The van der Waals surface area contributed by atoms with E-state index < -0.39 is 23.4 Å². The molecule has 186 valence electrons. The number of hydrogen-bond acceptors (Lipinski definition) is 4. The summed E-state index contributed by atoms with van der Waals surface area (Å²) in [5.74, 6) is -3.48. The number of aromatic nitrogens is 1.